The van der Waals surface area contributed by atoms with Crippen LogP contribution < -0.4 is 10.5 Å². The first-order valence-electron chi connectivity index (χ1n) is 10.4. The summed E-state index contributed by atoms with van der Waals surface area (Å²) in [7, 11) is 1.64. The van der Waals surface area contributed by atoms with Gasteiger partial charge in [-0.2, -0.15) is 0 Å². The first kappa shape index (κ1) is 20.2. The number of primary amides is 1. The minimum Gasteiger partial charge on any atom is -0.497 e. The molecule has 3 aromatic rings. The second kappa shape index (κ2) is 8.72. The largest absolute Gasteiger partial charge is 0.497 e. The van der Waals surface area contributed by atoms with E-state index < -0.39 is 5.41 Å². The summed E-state index contributed by atoms with van der Waals surface area (Å²) in [5.74, 6) is 0.494. The monoisotopic (exact) mass is 400 g/mol. The van der Waals surface area contributed by atoms with Gasteiger partial charge >= 0.3 is 0 Å². The summed E-state index contributed by atoms with van der Waals surface area (Å²) in [6, 6.07) is 29.1. The van der Waals surface area contributed by atoms with Crippen molar-refractivity contribution < 1.29 is 9.53 Å². The van der Waals surface area contributed by atoms with Crippen LogP contribution in [0.15, 0.2) is 84.9 Å². The van der Waals surface area contributed by atoms with Gasteiger partial charge in [-0.1, -0.05) is 72.8 Å². The van der Waals surface area contributed by atoms with Crippen molar-refractivity contribution in [1.29, 1.82) is 0 Å². The van der Waals surface area contributed by atoms with E-state index >= 15 is 0 Å². The lowest BCUT2D eigenvalue weighted by atomic mass is 9.71. The van der Waals surface area contributed by atoms with E-state index in [1.165, 1.54) is 11.1 Å². The van der Waals surface area contributed by atoms with E-state index in [1.807, 2.05) is 36.4 Å². The predicted octanol–water partition coefficient (Wildman–Crippen LogP) is 4.30. The van der Waals surface area contributed by atoms with Crippen molar-refractivity contribution >= 4 is 5.91 Å². The van der Waals surface area contributed by atoms with Crippen molar-refractivity contribution in [1.82, 2.24) is 4.90 Å². The lowest BCUT2D eigenvalue weighted by Crippen LogP contribution is -2.50. The standard InChI is InChI=1S/C26H28N2O2/c1-30-23-14-8-13-22(19-23)26(25(27)29)15-17-28(18-16-26)24(20-9-4-2-5-10-20)21-11-6-3-7-12-21/h2-14,19,24H,15-18H2,1H3,(H2,27,29). The van der Waals surface area contributed by atoms with Crippen LogP contribution in [-0.2, 0) is 10.2 Å². The lowest BCUT2D eigenvalue weighted by molar-refractivity contribution is -0.125. The lowest BCUT2D eigenvalue weighted by Gasteiger charge is -2.43. The fourth-order valence-electron chi connectivity index (χ4n) is 4.65. The normalized spacial score (nSPS) is 16.3. The Bertz CT molecular complexity index is 941. The molecule has 0 radical (unpaired) electrons. The van der Waals surface area contributed by atoms with E-state index in [-0.39, 0.29) is 11.9 Å². The number of piperidine rings is 1. The number of methoxy groups -OCH3 is 1. The summed E-state index contributed by atoms with van der Waals surface area (Å²) in [5.41, 5.74) is 8.78. The van der Waals surface area contributed by atoms with Gasteiger partial charge in [0.2, 0.25) is 5.91 Å². The number of likely N-dealkylation sites (tertiary alicyclic amines) is 1. The average molecular weight is 401 g/mol. The number of carbonyl (C=O) groups is 1. The number of rotatable bonds is 6. The van der Waals surface area contributed by atoms with E-state index in [0.717, 1.165) is 24.4 Å². The summed E-state index contributed by atoms with van der Waals surface area (Å²) >= 11 is 0. The smallest absolute Gasteiger partial charge is 0.228 e. The molecule has 1 fully saturated rings. The molecule has 4 heteroatoms. The summed E-state index contributed by atoms with van der Waals surface area (Å²) in [4.78, 5) is 15.1. The Kier molecular flexibility index (Phi) is 5.86. The van der Waals surface area contributed by atoms with Gasteiger partial charge in [0.15, 0.2) is 0 Å². The number of nitrogens with zero attached hydrogens (tertiary/aromatic N) is 1. The molecular weight excluding hydrogens is 372 g/mol. The Morgan fingerprint density at radius 2 is 1.47 bits per heavy atom. The Labute approximate surface area is 178 Å². The van der Waals surface area contributed by atoms with E-state index in [0.29, 0.717) is 12.8 Å². The maximum atomic E-state index is 12.7. The highest BCUT2D eigenvalue weighted by Gasteiger charge is 2.43. The zero-order chi connectivity index (χ0) is 21.0. The second-order valence-electron chi connectivity index (χ2n) is 7.94. The van der Waals surface area contributed by atoms with Crippen molar-refractivity contribution in [3.05, 3.63) is 102 Å². The molecule has 4 rings (SSSR count). The molecule has 1 aliphatic rings. The molecule has 1 saturated heterocycles. The highest BCUT2D eigenvalue weighted by Crippen LogP contribution is 2.40. The SMILES string of the molecule is COc1cccc(C2(C(N)=O)CCN(C(c3ccccc3)c3ccccc3)CC2)c1. The molecule has 30 heavy (non-hydrogen) atoms. The number of carbonyl (C=O) groups excluding carboxylic acids is 1. The van der Waals surface area contributed by atoms with Crippen LogP contribution in [0.1, 0.15) is 35.6 Å². The molecule has 0 spiro atoms. The van der Waals surface area contributed by atoms with Crippen molar-refractivity contribution in [3.8, 4) is 5.75 Å². The first-order valence-corrected chi connectivity index (χ1v) is 10.4. The van der Waals surface area contributed by atoms with Crippen LogP contribution in [0.25, 0.3) is 0 Å². The summed E-state index contributed by atoms with van der Waals surface area (Å²) in [6.45, 7) is 1.57. The third kappa shape index (κ3) is 3.83. The summed E-state index contributed by atoms with van der Waals surface area (Å²) in [6.07, 6.45) is 1.37. The molecule has 2 N–H and O–H groups in total. The Hall–Kier alpha value is -3.11. The van der Waals surface area contributed by atoms with Crippen molar-refractivity contribution in [2.75, 3.05) is 20.2 Å². The van der Waals surface area contributed by atoms with Crippen molar-refractivity contribution in [3.63, 3.8) is 0 Å². The third-order valence-corrected chi connectivity index (χ3v) is 6.34. The van der Waals surface area contributed by atoms with Crippen LogP contribution in [0.5, 0.6) is 5.75 Å². The molecule has 1 amide bonds. The van der Waals surface area contributed by atoms with Gasteiger partial charge in [0, 0.05) is 13.1 Å². The van der Waals surface area contributed by atoms with Crippen LogP contribution in [0.4, 0.5) is 0 Å². The fourth-order valence-corrected chi connectivity index (χ4v) is 4.65. The number of hydrogen-bond donors (Lipinski definition) is 1. The molecule has 1 heterocycles. The zero-order valence-corrected chi connectivity index (χ0v) is 17.3. The van der Waals surface area contributed by atoms with Gasteiger partial charge in [0.05, 0.1) is 18.6 Å². The number of benzene rings is 3. The average Bonchev–Trinajstić information content (AvgIpc) is 2.81. The van der Waals surface area contributed by atoms with Gasteiger partial charge in [-0.05, 0) is 41.7 Å². The maximum Gasteiger partial charge on any atom is 0.228 e. The highest BCUT2D eigenvalue weighted by atomic mass is 16.5. The zero-order valence-electron chi connectivity index (χ0n) is 17.3. The second-order valence-corrected chi connectivity index (χ2v) is 7.94. The molecule has 0 atom stereocenters. The Balaban J connectivity index is 1.64. The van der Waals surface area contributed by atoms with Crippen molar-refractivity contribution in [2.45, 2.75) is 24.3 Å². The highest BCUT2D eigenvalue weighted by molar-refractivity contribution is 5.87. The minimum absolute atomic E-state index is 0.156. The number of ether oxygens (including phenoxy) is 1. The van der Waals surface area contributed by atoms with Crippen LogP contribution in [0.3, 0.4) is 0 Å². The molecule has 0 saturated carbocycles. The van der Waals surface area contributed by atoms with E-state index in [1.54, 1.807) is 7.11 Å². The quantitative estimate of drug-likeness (QED) is 0.671. The Morgan fingerprint density at radius 1 is 0.900 bits per heavy atom. The molecule has 1 aliphatic heterocycles. The first-order chi connectivity index (χ1) is 14.6. The molecule has 154 valence electrons. The number of hydrogen-bond acceptors (Lipinski definition) is 3. The minimum atomic E-state index is -0.664. The van der Waals surface area contributed by atoms with Crippen LogP contribution in [-0.4, -0.2) is 31.0 Å². The number of amides is 1. The van der Waals surface area contributed by atoms with Crippen molar-refractivity contribution in [2.24, 2.45) is 5.73 Å². The molecule has 3 aromatic carbocycles. The van der Waals surface area contributed by atoms with E-state index in [9.17, 15) is 4.79 Å². The van der Waals surface area contributed by atoms with Gasteiger partial charge in [-0.3, -0.25) is 9.69 Å². The maximum absolute atomic E-state index is 12.7. The van der Waals surface area contributed by atoms with Gasteiger partial charge in [-0.15, -0.1) is 0 Å². The Morgan fingerprint density at radius 3 is 1.97 bits per heavy atom. The van der Waals surface area contributed by atoms with E-state index in [4.69, 9.17) is 10.5 Å². The summed E-state index contributed by atoms with van der Waals surface area (Å²) in [5, 5.41) is 0. The van der Waals surface area contributed by atoms with Gasteiger partial charge in [0.1, 0.15) is 5.75 Å². The van der Waals surface area contributed by atoms with E-state index in [2.05, 4.69) is 53.4 Å². The predicted molar refractivity (Wildman–Crippen MR) is 119 cm³/mol. The molecule has 0 aliphatic carbocycles. The van der Waals surface area contributed by atoms with Gasteiger partial charge < -0.3 is 10.5 Å². The van der Waals surface area contributed by atoms with Crippen LogP contribution in [0.2, 0.25) is 0 Å². The molecule has 4 nitrogen and oxygen atoms in total. The summed E-state index contributed by atoms with van der Waals surface area (Å²) < 4.78 is 5.38. The molecular formula is C26H28N2O2. The van der Waals surface area contributed by atoms with Gasteiger partial charge in [0.25, 0.3) is 0 Å². The molecule has 0 aromatic heterocycles. The molecule has 0 unspecified atom stereocenters. The topological polar surface area (TPSA) is 55.6 Å². The molecule has 0 bridgehead atoms. The third-order valence-electron chi connectivity index (χ3n) is 6.34. The number of nitrogens with two attached hydrogens (primary N) is 1. The van der Waals surface area contributed by atoms with Crippen LogP contribution >= 0.6 is 0 Å². The van der Waals surface area contributed by atoms with Crippen LogP contribution in [0, 0.1) is 0 Å². The van der Waals surface area contributed by atoms with Gasteiger partial charge in [-0.25, -0.2) is 0 Å². The fraction of sp³-hybridized carbons (Fsp3) is 0.269.